The quantitative estimate of drug-likeness (QED) is 0.450. The summed E-state index contributed by atoms with van der Waals surface area (Å²) in [5, 5.41) is 19.2. The predicted octanol–water partition coefficient (Wildman–Crippen LogP) is 2.61. The number of carboxylic acid groups (broad SMARTS) is 1. The van der Waals surface area contributed by atoms with Crippen molar-refractivity contribution in [3.05, 3.63) is 36.9 Å². The number of hydrogen-bond acceptors (Lipinski definition) is 6. The van der Waals surface area contributed by atoms with Gasteiger partial charge in [-0.05, 0) is 57.4 Å². The number of anilines is 2. The molecule has 5 atom stereocenters. The van der Waals surface area contributed by atoms with Gasteiger partial charge >= 0.3 is 5.97 Å². The van der Waals surface area contributed by atoms with Crippen molar-refractivity contribution < 1.29 is 24.6 Å². The second-order valence-electron chi connectivity index (χ2n) is 9.43. The smallest absolute Gasteiger partial charge is 0.308 e. The van der Waals surface area contributed by atoms with Gasteiger partial charge in [-0.1, -0.05) is 6.08 Å². The Morgan fingerprint density at radius 3 is 2.46 bits per heavy atom. The lowest BCUT2D eigenvalue weighted by atomic mass is 9.71. The predicted molar refractivity (Wildman–Crippen MR) is 138 cm³/mol. The van der Waals surface area contributed by atoms with Crippen molar-refractivity contribution in [1.29, 1.82) is 0 Å². The minimum absolute atomic E-state index is 0.107. The summed E-state index contributed by atoms with van der Waals surface area (Å²) >= 11 is 1.52. The Morgan fingerprint density at radius 2 is 1.89 bits per heavy atom. The zero-order chi connectivity index (χ0) is 25.3. The molecule has 0 saturated carbocycles. The highest BCUT2D eigenvalue weighted by molar-refractivity contribution is 8.02. The topological polar surface area (TPSA) is 101 Å². The molecule has 3 saturated heterocycles. The average Bonchev–Trinajstić information content (AvgIpc) is 3.49. The zero-order valence-corrected chi connectivity index (χ0v) is 21.2. The fraction of sp³-hybridized carbons (Fsp3) is 0.577. The molecule has 1 aromatic carbocycles. The summed E-state index contributed by atoms with van der Waals surface area (Å²) in [6.45, 7) is 10.2. The number of likely N-dealkylation sites (tertiary alicyclic amines) is 1. The van der Waals surface area contributed by atoms with E-state index in [4.69, 9.17) is 0 Å². The van der Waals surface area contributed by atoms with Crippen LogP contribution in [0.25, 0.3) is 0 Å². The summed E-state index contributed by atoms with van der Waals surface area (Å²) in [7, 11) is 0. The maximum absolute atomic E-state index is 14.2. The molecule has 1 spiro atoms. The van der Waals surface area contributed by atoms with Crippen LogP contribution in [0.3, 0.4) is 0 Å². The van der Waals surface area contributed by atoms with E-state index in [1.165, 1.54) is 11.8 Å². The van der Waals surface area contributed by atoms with E-state index in [0.29, 0.717) is 24.9 Å². The largest absolute Gasteiger partial charge is 0.481 e. The summed E-state index contributed by atoms with van der Waals surface area (Å²) in [6, 6.07) is 7.05. The molecule has 190 valence electrons. The summed E-state index contributed by atoms with van der Waals surface area (Å²) in [5.74, 6) is -2.95. The van der Waals surface area contributed by atoms with Crippen LogP contribution in [0.2, 0.25) is 0 Å². The first-order valence-corrected chi connectivity index (χ1v) is 13.3. The monoisotopic (exact) mass is 501 g/mol. The van der Waals surface area contributed by atoms with Gasteiger partial charge < -0.3 is 24.9 Å². The highest BCUT2D eigenvalue weighted by atomic mass is 32.2. The van der Waals surface area contributed by atoms with E-state index in [-0.39, 0.29) is 36.8 Å². The Balaban J connectivity index is 1.71. The van der Waals surface area contributed by atoms with Crippen molar-refractivity contribution in [2.45, 2.75) is 49.1 Å². The summed E-state index contributed by atoms with van der Waals surface area (Å²) < 4.78 is -0.752. The maximum atomic E-state index is 14.2. The SMILES string of the molecule is C=CCN(C(=O)C1N(CCCO)C(=O)[C@@H]2[C@H](C(=O)O)[C@@H]3CCC12S3)c1ccc(N(CC)CC)cc1. The number of rotatable bonds is 11. The molecule has 0 radical (unpaired) electrons. The number of aliphatic hydroxyl groups is 1. The van der Waals surface area contributed by atoms with E-state index in [9.17, 15) is 24.6 Å². The van der Waals surface area contributed by atoms with Crippen molar-refractivity contribution in [2.75, 3.05) is 42.6 Å². The molecule has 3 heterocycles. The van der Waals surface area contributed by atoms with Gasteiger partial charge in [-0.25, -0.2) is 0 Å². The molecule has 3 aliphatic rings. The van der Waals surface area contributed by atoms with Gasteiger partial charge in [-0.15, -0.1) is 18.3 Å². The van der Waals surface area contributed by atoms with Crippen LogP contribution in [0.4, 0.5) is 11.4 Å². The number of thioether (sulfide) groups is 1. The van der Waals surface area contributed by atoms with Gasteiger partial charge in [0.2, 0.25) is 5.91 Å². The van der Waals surface area contributed by atoms with Gasteiger partial charge in [0.05, 0.1) is 16.6 Å². The van der Waals surface area contributed by atoms with Gasteiger partial charge in [-0.2, -0.15) is 0 Å². The third kappa shape index (κ3) is 4.12. The molecule has 3 fully saturated rings. The first-order chi connectivity index (χ1) is 16.8. The van der Waals surface area contributed by atoms with Gasteiger partial charge in [0.15, 0.2) is 0 Å². The third-order valence-corrected chi connectivity index (χ3v) is 9.70. The summed E-state index contributed by atoms with van der Waals surface area (Å²) in [4.78, 5) is 45.4. The van der Waals surface area contributed by atoms with Crippen LogP contribution in [0.5, 0.6) is 0 Å². The van der Waals surface area contributed by atoms with E-state index in [1.54, 1.807) is 15.9 Å². The van der Waals surface area contributed by atoms with E-state index >= 15 is 0 Å². The number of amides is 2. The van der Waals surface area contributed by atoms with Crippen molar-refractivity contribution in [2.24, 2.45) is 11.8 Å². The Kier molecular flexibility index (Phi) is 7.47. The van der Waals surface area contributed by atoms with Crippen LogP contribution in [0.15, 0.2) is 36.9 Å². The zero-order valence-electron chi connectivity index (χ0n) is 20.4. The molecule has 8 nitrogen and oxygen atoms in total. The van der Waals surface area contributed by atoms with Gasteiger partial charge in [0.1, 0.15) is 6.04 Å². The van der Waals surface area contributed by atoms with Crippen LogP contribution in [-0.4, -0.2) is 81.7 Å². The maximum Gasteiger partial charge on any atom is 0.308 e. The molecule has 2 unspecified atom stereocenters. The average molecular weight is 502 g/mol. The van der Waals surface area contributed by atoms with Crippen molar-refractivity contribution in [3.8, 4) is 0 Å². The summed E-state index contributed by atoms with van der Waals surface area (Å²) in [6.07, 6.45) is 3.32. The molecule has 1 aromatic rings. The first-order valence-electron chi connectivity index (χ1n) is 12.4. The van der Waals surface area contributed by atoms with Crippen LogP contribution >= 0.6 is 11.8 Å². The molecular formula is C26H35N3O5S. The molecule has 2 amide bonds. The number of benzene rings is 1. The summed E-state index contributed by atoms with van der Waals surface area (Å²) in [5.41, 5.74) is 1.78. The third-order valence-electron chi connectivity index (χ3n) is 7.74. The Labute approximate surface area is 210 Å². The number of carbonyl (C=O) groups excluding carboxylic acids is 2. The lowest BCUT2D eigenvalue weighted by Gasteiger charge is -2.37. The molecule has 4 rings (SSSR count). The van der Waals surface area contributed by atoms with Crippen molar-refractivity contribution in [3.63, 3.8) is 0 Å². The highest BCUT2D eigenvalue weighted by Crippen LogP contribution is 2.66. The standard InChI is InChI=1S/C26H35N3O5S/c1-4-14-28(18-10-8-17(9-11-18)27(5-2)6-3)24(32)22-26-13-12-19(35-26)20(25(33)34)21(26)23(31)29(22)15-7-16-30/h4,8-11,19-22,30H,1,5-7,12-16H2,2-3H3,(H,33,34)/t19-,20+,21-,22?,26?/m0/s1. The van der Waals surface area contributed by atoms with Crippen molar-refractivity contribution in [1.82, 2.24) is 4.90 Å². The van der Waals surface area contributed by atoms with Crippen LogP contribution in [0, 0.1) is 11.8 Å². The second-order valence-corrected chi connectivity index (χ2v) is 11.0. The number of nitrogens with zero attached hydrogens (tertiary/aromatic N) is 3. The molecule has 2 N–H and O–H groups in total. The van der Waals surface area contributed by atoms with Crippen LogP contribution in [-0.2, 0) is 14.4 Å². The normalized spacial score (nSPS) is 28.8. The van der Waals surface area contributed by atoms with E-state index < -0.39 is 28.6 Å². The van der Waals surface area contributed by atoms with E-state index in [2.05, 4.69) is 25.3 Å². The number of fused-ring (bicyclic) bond motifs is 1. The highest BCUT2D eigenvalue weighted by Gasteiger charge is 2.73. The minimum atomic E-state index is -0.965. The van der Waals surface area contributed by atoms with Gasteiger partial charge in [-0.3, -0.25) is 14.4 Å². The molecular weight excluding hydrogens is 466 g/mol. The lowest BCUT2D eigenvalue weighted by Crippen LogP contribution is -2.55. The van der Waals surface area contributed by atoms with E-state index in [0.717, 1.165) is 18.8 Å². The van der Waals surface area contributed by atoms with Crippen molar-refractivity contribution >= 4 is 40.9 Å². The molecule has 0 aliphatic carbocycles. The molecule has 35 heavy (non-hydrogen) atoms. The molecule has 2 bridgehead atoms. The number of aliphatic hydroxyl groups excluding tert-OH is 1. The Bertz CT molecular complexity index is 982. The molecule has 0 aromatic heterocycles. The molecule has 9 heteroatoms. The Hall–Kier alpha value is -2.52. The fourth-order valence-electron chi connectivity index (χ4n) is 6.23. The second kappa shape index (κ2) is 10.2. The first kappa shape index (κ1) is 25.6. The van der Waals surface area contributed by atoms with Crippen LogP contribution in [0.1, 0.15) is 33.1 Å². The van der Waals surface area contributed by atoms with E-state index in [1.807, 2.05) is 24.3 Å². The minimum Gasteiger partial charge on any atom is -0.481 e. The number of carbonyl (C=O) groups is 3. The van der Waals surface area contributed by atoms with Gasteiger partial charge in [0.25, 0.3) is 5.91 Å². The number of aliphatic carboxylic acids is 1. The fourth-order valence-corrected chi connectivity index (χ4v) is 8.43. The lowest BCUT2D eigenvalue weighted by molar-refractivity contribution is -0.148. The molecule has 3 aliphatic heterocycles. The number of carboxylic acids is 1. The van der Waals surface area contributed by atoms with Gasteiger partial charge in [0, 0.05) is 49.4 Å². The van der Waals surface area contributed by atoms with Crippen LogP contribution < -0.4 is 9.80 Å². The Morgan fingerprint density at radius 1 is 1.23 bits per heavy atom. The number of hydrogen-bond donors (Lipinski definition) is 2.